The van der Waals surface area contributed by atoms with Gasteiger partial charge in [-0.1, -0.05) is 44.2 Å². The van der Waals surface area contributed by atoms with Crippen LogP contribution in [-0.4, -0.2) is 62.7 Å². The summed E-state index contributed by atoms with van der Waals surface area (Å²) in [6.45, 7) is 10.8. The first-order chi connectivity index (χ1) is 11.3. The monoisotopic (exact) mass is 350 g/mol. The number of hydrogen-bond donors (Lipinski definition) is 0. The Balaban J connectivity index is 0.00000208. The molecule has 1 saturated heterocycles. The standard InChI is InChI=1S/C17H26N6.ClH/c1-3-16(22-12-10-21(4-2)11-13-22)17-18-19-20-23(17)14-15-8-6-5-7-9-15;/h5-9,16H,3-4,10-14H2,1-2H3;1H. The molecule has 1 aliphatic rings. The van der Waals surface area contributed by atoms with E-state index in [2.05, 4.69) is 63.4 Å². The maximum absolute atomic E-state index is 4.34. The van der Waals surface area contributed by atoms with Crippen molar-refractivity contribution >= 4 is 12.4 Å². The van der Waals surface area contributed by atoms with Crippen molar-refractivity contribution in [1.29, 1.82) is 0 Å². The molecule has 132 valence electrons. The summed E-state index contributed by atoms with van der Waals surface area (Å²) in [5.41, 5.74) is 1.23. The molecule has 0 radical (unpaired) electrons. The Bertz CT molecular complexity index is 594. The van der Waals surface area contributed by atoms with E-state index in [-0.39, 0.29) is 12.4 Å². The molecule has 0 aliphatic carbocycles. The lowest BCUT2D eigenvalue weighted by Crippen LogP contribution is -2.47. The van der Waals surface area contributed by atoms with Crippen molar-refractivity contribution in [2.24, 2.45) is 0 Å². The van der Waals surface area contributed by atoms with Crippen molar-refractivity contribution in [1.82, 2.24) is 30.0 Å². The Labute approximate surface area is 150 Å². The van der Waals surface area contributed by atoms with Gasteiger partial charge in [-0.15, -0.1) is 17.5 Å². The Kier molecular flexibility index (Phi) is 7.15. The summed E-state index contributed by atoms with van der Waals surface area (Å²) in [5.74, 6) is 0.987. The van der Waals surface area contributed by atoms with Crippen molar-refractivity contribution in [3.05, 3.63) is 41.7 Å². The van der Waals surface area contributed by atoms with E-state index in [9.17, 15) is 0 Å². The maximum Gasteiger partial charge on any atom is 0.168 e. The number of benzene rings is 1. The summed E-state index contributed by atoms with van der Waals surface area (Å²) in [5, 5.41) is 12.5. The first-order valence-corrected chi connectivity index (χ1v) is 8.58. The second-order valence-electron chi connectivity index (χ2n) is 6.07. The fourth-order valence-corrected chi connectivity index (χ4v) is 3.31. The van der Waals surface area contributed by atoms with E-state index in [0.29, 0.717) is 6.04 Å². The van der Waals surface area contributed by atoms with Gasteiger partial charge in [-0.05, 0) is 29.0 Å². The van der Waals surface area contributed by atoms with Crippen LogP contribution in [0.1, 0.15) is 37.7 Å². The third kappa shape index (κ3) is 4.32. The van der Waals surface area contributed by atoms with Crippen LogP contribution in [0.5, 0.6) is 0 Å². The predicted molar refractivity (Wildman–Crippen MR) is 97.3 cm³/mol. The zero-order chi connectivity index (χ0) is 16.1. The van der Waals surface area contributed by atoms with Gasteiger partial charge in [0.05, 0.1) is 12.6 Å². The van der Waals surface area contributed by atoms with E-state index in [0.717, 1.165) is 51.5 Å². The number of aromatic nitrogens is 4. The fourth-order valence-electron chi connectivity index (χ4n) is 3.31. The van der Waals surface area contributed by atoms with Gasteiger partial charge in [0, 0.05) is 26.2 Å². The third-order valence-electron chi connectivity index (χ3n) is 4.71. The molecular weight excluding hydrogens is 324 g/mol. The Morgan fingerprint density at radius 1 is 1.04 bits per heavy atom. The highest BCUT2D eigenvalue weighted by atomic mass is 35.5. The van der Waals surface area contributed by atoms with Gasteiger partial charge in [0.2, 0.25) is 0 Å². The summed E-state index contributed by atoms with van der Waals surface area (Å²) in [7, 11) is 0. The number of halogens is 1. The smallest absolute Gasteiger partial charge is 0.168 e. The lowest BCUT2D eigenvalue weighted by Gasteiger charge is -2.38. The largest absolute Gasteiger partial charge is 0.301 e. The van der Waals surface area contributed by atoms with Crippen molar-refractivity contribution in [2.75, 3.05) is 32.7 Å². The summed E-state index contributed by atoms with van der Waals surface area (Å²) in [6.07, 6.45) is 1.03. The molecule has 24 heavy (non-hydrogen) atoms. The van der Waals surface area contributed by atoms with Crippen LogP contribution in [-0.2, 0) is 6.54 Å². The molecule has 1 fully saturated rings. The van der Waals surface area contributed by atoms with Gasteiger partial charge in [-0.25, -0.2) is 4.68 Å². The molecule has 6 nitrogen and oxygen atoms in total. The highest BCUT2D eigenvalue weighted by Gasteiger charge is 2.27. The molecule has 0 N–H and O–H groups in total. The molecule has 7 heteroatoms. The molecule has 0 bridgehead atoms. The van der Waals surface area contributed by atoms with E-state index < -0.39 is 0 Å². The van der Waals surface area contributed by atoms with Crippen LogP contribution >= 0.6 is 12.4 Å². The number of piperazine rings is 1. The Morgan fingerprint density at radius 2 is 1.75 bits per heavy atom. The zero-order valence-electron chi connectivity index (χ0n) is 14.5. The summed E-state index contributed by atoms with van der Waals surface area (Å²) < 4.78 is 1.95. The van der Waals surface area contributed by atoms with Crippen molar-refractivity contribution in [3.63, 3.8) is 0 Å². The zero-order valence-corrected chi connectivity index (χ0v) is 15.3. The topological polar surface area (TPSA) is 50.1 Å². The van der Waals surface area contributed by atoms with Crippen molar-refractivity contribution in [2.45, 2.75) is 32.9 Å². The normalized spacial score (nSPS) is 17.4. The molecule has 1 aliphatic heterocycles. The van der Waals surface area contributed by atoms with Crippen LogP contribution in [0.3, 0.4) is 0 Å². The number of rotatable bonds is 6. The lowest BCUT2D eigenvalue weighted by molar-refractivity contribution is 0.0915. The number of likely N-dealkylation sites (N-methyl/N-ethyl adjacent to an activating group) is 1. The van der Waals surface area contributed by atoms with Gasteiger partial charge in [0.15, 0.2) is 5.82 Å². The first kappa shape index (κ1) is 18.8. The van der Waals surface area contributed by atoms with Gasteiger partial charge in [0.25, 0.3) is 0 Å². The van der Waals surface area contributed by atoms with Crippen LogP contribution in [0.15, 0.2) is 30.3 Å². The van der Waals surface area contributed by atoms with Crippen LogP contribution in [0, 0.1) is 0 Å². The van der Waals surface area contributed by atoms with E-state index in [1.807, 2.05) is 10.7 Å². The third-order valence-corrected chi connectivity index (χ3v) is 4.71. The molecule has 3 rings (SSSR count). The van der Waals surface area contributed by atoms with Crippen molar-refractivity contribution < 1.29 is 0 Å². The average Bonchev–Trinajstić information content (AvgIpc) is 3.05. The van der Waals surface area contributed by atoms with E-state index >= 15 is 0 Å². The Morgan fingerprint density at radius 3 is 2.38 bits per heavy atom. The minimum Gasteiger partial charge on any atom is -0.301 e. The van der Waals surface area contributed by atoms with Crippen molar-refractivity contribution in [3.8, 4) is 0 Å². The second kappa shape index (κ2) is 9.11. The van der Waals surface area contributed by atoms with Gasteiger partial charge in [-0.2, -0.15) is 0 Å². The molecule has 2 heterocycles. The second-order valence-corrected chi connectivity index (χ2v) is 6.07. The van der Waals surface area contributed by atoms with E-state index in [1.165, 1.54) is 5.56 Å². The minimum atomic E-state index is 0. The number of nitrogens with zero attached hydrogens (tertiary/aromatic N) is 6. The quantitative estimate of drug-likeness (QED) is 0.799. The molecule has 1 atom stereocenters. The lowest BCUT2D eigenvalue weighted by atomic mass is 10.1. The maximum atomic E-state index is 4.34. The van der Waals surface area contributed by atoms with E-state index in [4.69, 9.17) is 0 Å². The van der Waals surface area contributed by atoms with E-state index in [1.54, 1.807) is 0 Å². The van der Waals surface area contributed by atoms with Gasteiger partial charge in [-0.3, -0.25) is 4.90 Å². The van der Waals surface area contributed by atoms with Gasteiger partial charge < -0.3 is 4.90 Å². The van der Waals surface area contributed by atoms with Crippen LogP contribution in [0.2, 0.25) is 0 Å². The number of hydrogen-bond acceptors (Lipinski definition) is 5. The molecule has 0 saturated carbocycles. The minimum absolute atomic E-state index is 0. The molecular formula is C17H27ClN6. The average molecular weight is 351 g/mol. The van der Waals surface area contributed by atoms with Crippen LogP contribution in [0.4, 0.5) is 0 Å². The molecule has 0 amide bonds. The fraction of sp³-hybridized carbons (Fsp3) is 0.588. The summed E-state index contributed by atoms with van der Waals surface area (Å²) in [4.78, 5) is 5.02. The highest BCUT2D eigenvalue weighted by molar-refractivity contribution is 5.85. The predicted octanol–water partition coefficient (Wildman–Crippen LogP) is 2.23. The summed E-state index contributed by atoms with van der Waals surface area (Å²) >= 11 is 0. The molecule has 0 spiro atoms. The molecule has 1 unspecified atom stereocenters. The number of tetrazole rings is 1. The molecule has 1 aromatic carbocycles. The molecule has 1 aromatic heterocycles. The van der Waals surface area contributed by atoms with Gasteiger partial charge in [0.1, 0.15) is 0 Å². The SMILES string of the molecule is CCC(c1nnnn1Cc1ccccc1)N1CCN(CC)CC1.Cl. The first-order valence-electron chi connectivity index (χ1n) is 8.58. The summed E-state index contributed by atoms with van der Waals surface area (Å²) in [6, 6.07) is 10.7. The highest BCUT2D eigenvalue weighted by Crippen LogP contribution is 2.23. The van der Waals surface area contributed by atoms with Crippen LogP contribution in [0.25, 0.3) is 0 Å². The Hall–Kier alpha value is -1.50. The van der Waals surface area contributed by atoms with Gasteiger partial charge >= 0.3 is 0 Å². The van der Waals surface area contributed by atoms with Crippen LogP contribution < -0.4 is 0 Å². The molecule has 2 aromatic rings.